The Morgan fingerprint density at radius 2 is 2.18 bits per heavy atom. The van der Waals surface area contributed by atoms with Crippen molar-refractivity contribution in [3.8, 4) is 16.5 Å². The predicted molar refractivity (Wildman–Crippen MR) is 126 cm³/mol. The fraction of sp³-hybridized carbons (Fsp3) is 0.364. The van der Waals surface area contributed by atoms with Crippen molar-refractivity contribution < 1.29 is 9.53 Å². The summed E-state index contributed by atoms with van der Waals surface area (Å²) in [5, 5.41) is 13.0. The van der Waals surface area contributed by atoms with E-state index in [4.69, 9.17) is 4.74 Å². The molecule has 2 N–H and O–H groups in total. The molecule has 1 aliphatic heterocycles. The van der Waals surface area contributed by atoms with Crippen molar-refractivity contribution in [3.63, 3.8) is 0 Å². The summed E-state index contributed by atoms with van der Waals surface area (Å²) in [5.74, 6) is 1.72. The number of aromatic nitrogens is 7. The summed E-state index contributed by atoms with van der Waals surface area (Å²) < 4.78 is 7.29. The summed E-state index contributed by atoms with van der Waals surface area (Å²) in [6, 6.07) is 1.82. The number of H-pyrrole nitrogens is 1. The molecule has 0 bridgehead atoms. The molecule has 0 aromatic carbocycles. The molecule has 0 atom stereocenters. The summed E-state index contributed by atoms with van der Waals surface area (Å²) in [6.45, 7) is 2.52. The number of amides is 1. The number of methoxy groups -OCH3 is 1. The zero-order valence-corrected chi connectivity index (χ0v) is 19.3. The molecule has 2 fully saturated rings. The summed E-state index contributed by atoms with van der Waals surface area (Å²) in [7, 11) is 1.73. The van der Waals surface area contributed by atoms with Crippen LogP contribution in [0.15, 0.2) is 36.5 Å². The van der Waals surface area contributed by atoms with E-state index in [-0.39, 0.29) is 5.91 Å². The normalized spacial score (nSPS) is 16.0. The molecule has 2 aliphatic rings. The molecule has 4 aromatic heterocycles. The highest BCUT2D eigenvalue weighted by atomic mass is 32.1. The first-order chi connectivity index (χ1) is 16.7. The van der Waals surface area contributed by atoms with Gasteiger partial charge in [0.2, 0.25) is 0 Å². The minimum Gasteiger partial charge on any atom is -0.384 e. The number of thiazole rings is 1. The summed E-state index contributed by atoms with van der Waals surface area (Å²) in [6.07, 6.45) is 9.51. The maximum Gasteiger partial charge on any atom is 0.275 e. The van der Waals surface area contributed by atoms with E-state index in [1.54, 1.807) is 18.7 Å². The minimum absolute atomic E-state index is 0.309. The van der Waals surface area contributed by atoms with Crippen LogP contribution < -0.4 is 10.2 Å². The minimum atomic E-state index is -0.328. The molecule has 1 aliphatic carbocycles. The predicted octanol–water partition coefficient (Wildman–Crippen LogP) is 2.72. The van der Waals surface area contributed by atoms with Gasteiger partial charge < -0.3 is 24.5 Å². The lowest BCUT2D eigenvalue weighted by Crippen LogP contribution is -2.49. The average Bonchev–Trinajstić information content (AvgIpc) is 3.23. The van der Waals surface area contributed by atoms with Gasteiger partial charge in [0.15, 0.2) is 10.8 Å². The van der Waals surface area contributed by atoms with Crippen LogP contribution in [-0.4, -0.2) is 67.4 Å². The number of ether oxygens (including phenoxy) is 1. The van der Waals surface area contributed by atoms with E-state index in [2.05, 4.69) is 46.5 Å². The van der Waals surface area contributed by atoms with E-state index in [1.807, 2.05) is 17.0 Å². The van der Waals surface area contributed by atoms with Crippen LogP contribution >= 0.6 is 11.3 Å². The Labute approximate surface area is 199 Å². The zero-order valence-electron chi connectivity index (χ0n) is 18.5. The smallest absolute Gasteiger partial charge is 0.275 e. The monoisotopic (exact) mass is 477 g/mol. The van der Waals surface area contributed by atoms with Crippen LogP contribution in [0.4, 0.5) is 11.5 Å². The van der Waals surface area contributed by atoms with Crippen LogP contribution in [0, 0.1) is 5.92 Å². The molecule has 1 saturated heterocycles. The number of hydrogen-bond acceptors (Lipinski definition) is 9. The van der Waals surface area contributed by atoms with Crippen molar-refractivity contribution in [1.29, 1.82) is 0 Å². The molecule has 0 unspecified atom stereocenters. The number of nitrogens with one attached hydrogen (secondary N) is 2. The van der Waals surface area contributed by atoms with E-state index >= 15 is 0 Å². The Balaban J connectivity index is 1.26. The summed E-state index contributed by atoms with van der Waals surface area (Å²) in [4.78, 5) is 31.7. The molecule has 4 aromatic rings. The second-order valence-corrected chi connectivity index (χ2v) is 9.45. The van der Waals surface area contributed by atoms with Gasteiger partial charge in [0.05, 0.1) is 36.2 Å². The van der Waals surface area contributed by atoms with Crippen molar-refractivity contribution in [3.05, 3.63) is 47.9 Å². The highest BCUT2D eigenvalue weighted by molar-refractivity contribution is 7.13. The van der Waals surface area contributed by atoms with E-state index < -0.39 is 0 Å². The topological polar surface area (TPSA) is 127 Å². The van der Waals surface area contributed by atoms with Gasteiger partial charge >= 0.3 is 0 Å². The number of carbonyl (C=O) groups excluding carboxylic acids is 1. The van der Waals surface area contributed by atoms with Gasteiger partial charge in [-0.3, -0.25) is 4.79 Å². The molecule has 12 heteroatoms. The Kier molecular flexibility index (Phi) is 5.30. The van der Waals surface area contributed by atoms with Gasteiger partial charge in [0, 0.05) is 43.6 Å². The highest BCUT2D eigenvalue weighted by Crippen LogP contribution is 2.40. The van der Waals surface area contributed by atoms with Crippen molar-refractivity contribution in [1.82, 2.24) is 34.7 Å². The number of nitrogens with zero attached hydrogens (tertiary/aromatic N) is 7. The summed E-state index contributed by atoms with van der Waals surface area (Å²) >= 11 is 1.37. The largest absolute Gasteiger partial charge is 0.384 e. The highest BCUT2D eigenvalue weighted by Gasteiger charge is 2.30. The van der Waals surface area contributed by atoms with Crippen LogP contribution in [0.2, 0.25) is 0 Å². The number of aromatic amines is 1. The lowest BCUT2D eigenvalue weighted by atomic mass is 10.00. The van der Waals surface area contributed by atoms with Crippen molar-refractivity contribution >= 4 is 28.7 Å². The molecule has 0 radical (unpaired) electrons. The fourth-order valence-electron chi connectivity index (χ4n) is 4.11. The lowest BCUT2D eigenvalue weighted by molar-refractivity contribution is 0.102. The van der Waals surface area contributed by atoms with Crippen LogP contribution in [0.1, 0.15) is 34.9 Å². The second-order valence-electron chi connectivity index (χ2n) is 8.59. The first-order valence-electron chi connectivity index (χ1n) is 11.1. The van der Waals surface area contributed by atoms with Crippen LogP contribution in [0.3, 0.4) is 0 Å². The van der Waals surface area contributed by atoms with E-state index in [0.29, 0.717) is 34.2 Å². The molecule has 6 rings (SSSR count). The second kappa shape index (κ2) is 8.61. The van der Waals surface area contributed by atoms with E-state index in [9.17, 15) is 4.79 Å². The van der Waals surface area contributed by atoms with Gasteiger partial charge in [-0.25, -0.2) is 15.0 Å². The van der Waals surface area contributed by atoms with Crippen molar-refractivity contribution in [2.24, 2.45) is 5.92 Å². The van der Waals surface area contributed by atoms with Crippen molar-refractivity contribution in [2.45, 2.75) is 18.8 Å². The number of hydrogen-bond donors (Lipinski definition) is 2. The Morgan fingerprint density at radius 3 is 2.94 bits per heavy atom. The van der Waals surface area contributed by atoms with Gasteiger partial charge in [-0.1, -0.05) is 0 Å². The van der Waals surface area contributed by atoms with Crippen molar-refractivity contribution in [2.75, 3.05) is 37.0 Å². The Hall–Kier alpha value is -3.64. The number of imidazole rings is 1. The molecule has 174 valence electrons. The Bertz CT molecular complexity index is 1310. The molecule has 1 saturated carbocycles. The Morgan fingerprint density at radius 1 is 1.29 bits per heavy atom. The lowest BCUT2D eigenvalue weighted by Gasteiger charge is -2.41. The third-order valence-corrected chi connectivity index (χ3v) is 6.89. The molecule has 5 heterocycles. The van der Waals surface area contributed by atoms with Gasteiger partial charge in [-0.05, 0) is 18.9 Å². The fourth-order valence-corrected chi connectivity index (χ4v) is 4.81. The van der Waals surface area contributed by atoms with Gasteiger partial charge in [0.1, 0.15) is 17.8 Å². The van der Waals surface area contributed by atoms with Gasteiger partial charge in [0.25, 0.3) is 5.91 Å². The molecule has 1 amide bonds. The first kappa shape index (κ1) is 20.9. The maximum absolute atomic E-state index is 13.0. The molecule has 34 heavy (non-hydrogen) atoms. The standard InChI is InChI=1S/C22H23N9O2S/c1-33-9-13-6-30(7-13)18-5-23-15(4-17(18)31-8-16(25-12-31)14-2-3-14)21(32)27-19-10-34-22(28-19)20-24-11-26-29-20/h4-5,8,10-14H,2-3,6-7,9H2,1H3,(H,27,32)(H,24,26,29). The van der Waals surface area contributed by atoms with E-state index in [0.717, 1.165) is 36.8 Å². The van der Waals surface area contributed by atoms with E-state index in [1.165, 1.54) is 30.5 Å². The quantitative estimate of drug-likeness (QED) is 0.397. The zero-order chi connectivity index (χ0) is 23.1. The number of pyridine rings is 1. The third-order valence-electron chi connectivity index (χ3n) is 6.04. The van der Waals surface area contributed by atoms with Gasteiger partial charge in [-0.15, -0.1) is 21.5 Å². The molecular formula is C22H23N9O2S. The number of rotatable bonds is 8. The van der Waals surface area contributed by atoms with Crippen LogP contribution in [0.5, 0.6) is 0 Å². The third kappa shape index (κ3) is 4.05. The number of anilines is 2. The first-order valence-corrected chi connectivity index (χ1v) is 12.0. The molecule has 0 spiro atoms. The molecular weight excluding hydrogens is 454 g/mol. The number of carbonyl (C=O) groups is 1. The van der Waals surface area contributed by atoms with Crippen LogP contribution in [0.25, 0.3) is 16.5 Å². The van der Waals surface area contributed by atoms with Gasteiger partial charge in [-0.2, -0.15) is 0 Å². The van der Waals surface area contributed by atoms with Crippen LogP contribution in [-0.2, 0) is 4.74 Å². The SMILES string of the molecule is COCC1CN(c2cnc(C(=O)Nc3csc(-c4nnc[nH]4)n3)cc2-n2cnc(C3CC3)c2)C1. The summed E-state index contributed by atoms with van der Waals surface area (Å²) in [5.41, 5.74) is 3.27. The molecule has 11 nitrogen and oxygen atoms in total. The average molecular weight is 478 g/mol. The maximum atomic E-state index is 13.0.